The molecule has 3 heteroatoms. The van der Waals surface area contributed by atoms with Gasteiger partial charge in [-0.2, -0.15) is 0 Å². The Labute approximate surface area is 102 Å². The van der Waals surface area contributed by atoms with Gasteiger partial charge in [0.25, 0.3) is 0 Å². The number of piperidine rings is 1. The monoisotopic (exact) mass is 233 g/mol. The molecule has 1 aliphatic rings. The molecule has 0 spiro atoms. The first-order valence-corrected chi connectivity index (χ1v) is 6.21. The van der Waals surface area contributed by atoms with Crippen molar-refractivity contribution >= 4 is 5.91 Å². The van der Waals surface area contributed by atoms with E-state index in [1.807, 2.05) is 35.2 Å². The summed E-state index contributed by atoms with van der Waals surface area (Å²) < 4.78 is 0. The van der Waals surface area contributed by atoms with Gasteiger partial charge in [-0.3, -0.25) is 4.79 Å². The zero-order valence-electron chi connectivity index (χ0n) is 10.2. The third-order valence-corrected chi connectivity index (χ3v) is 3.47. The molecule has 0 radical (unpaired) electrons. The molecule has 17 heavy (non-hydrogen) atoms. The molecule has 2 rings (SSSR count). The van der Waals surface area contributed by atoms with E-state index in [-0.39, 0.29) is 24.6 Å². The lowest BCUT2D eigenvalue weighted by atomic mass is 9.97. The number of carbonyl (C=O) groups is 1. The largest absolute Gasteiger partial charge is 0.394 e. The quantitative estimate of drug-likeness (QED) is 0.868. The van der Waals surface area contributed by atoms with Gasteiger partial charge in [-0.05, 0) is 25.3 Å². The molecule has 1 aliphatic heterocycles. The van der Waals surface area contributed by atoms with Gasteiger partial charge < -0.3 is 10.0 Å². The molecule has 0 unspecified atom stereocenters. The van der Waals surface area contributed by atoms with Crippen LogP contribution in [0.3, 0.4) is 0 Å². The zero-order valence-corrected chi connectivity index (χ0v) is 10.2. The van der Waals surface area contributed by atoms with Crippen molar-refractivity contribution < 1.29 is 9.90 Å². The van der Waals surface area contributed by atoms with Crippen molar-refractivity contribution in [2.75, 3.05) is 6.61 Å². The Bertz CT molecular complexity index is 377. The van der Waals surface area contributed by atoms with Crippen LogP contribution in [-0.2, 0) is 4.79 Å². The maximum atomic E-state index is 12.0. The summed E-state index contributed by atoms with van der Waals surface area (Å²) in [5.74, 6) is 0.159. The van der Waals surface area contributed by atoms with Gasteiger partial charge in [-0.15, -0.1) is 0 Å². The van der Waals surface area contributed by atoms with Gasteiger partial charge in [-0.1, -0.05) is 30.3 Å². The molecule has 1 aromatic rings. The van der Waals surface area contributed by atoms with Crippen molar-refractivity contribution in [3.8, 4) is 0 Å². The van der Waals surface area contributed by atoms with Crippen LogP contribution >= 0.6 is 0 Å². The average molecular weight is 233 g/mol. The van der Waals surface area contributed by atoms with Crippen molar-refractivity contribution in [3.63, 3.8) is 0 Å². The highest BCUT2D eigenvalue weighted by Gasteiger charge is 2.31. The van der Waals surface area contributed by atoms with Crippen LogP contribution in [0.5, 0.6) is 0 Å². The minimum atomic E-state index is -0.195. The predicted octanol–water partition coefficient (Wildman–Crippen LogP) is 2.12. The van der Waals surface area contributed by atoms with E-state index in [9.17, 15) is 9.90 Å². The van der Waals surface area contributed by atoms with Crippen molar-refractivity contribution in [1.29, 1.82) is 0 Å². The van der Waals surface area contributed by atoms with Crippen LogP contribution < -0.4 is 0 Å². The van der Waals surface area contributed by atoms with Crippen molar-refractivity contribution in [2.45, 2.75) is 38.3 Å². The van der Waals surface area contributed by atoms with E-state index in [0.717, 1.165) is 18.4 Å². The minimum absolute atomic E-state index is 0.0138. The first-order chi connectivity index (χ1) is 8.24. The van der Waals surface area contributed by atoms with E-state index >= 15 is 0 Å². The summed E-state index contributed by atoms with van der Waals surface area (Å²) in [6, 6.07) is 9.78. The fourth-order valence-corrected chi connectivity index (χ4v) is 2.57. The average Bonchev–Trinajstić information content (AvgIpc) is 2.35. The predicted molar refractivity (Wildman–Crippen MR) is 66.4 cm³/mol. The van der Waals surface area contributed by atoms with E-state index < -0.39 is 0 Å². The van der Waals surface area contributed by atoms with E-state index in [1.54, 1.807) is 0 Å². The van der Waals surface area contributed by atoms with E-state index in [0.29, 0.717) is 6.42 Å². The number of aliphatic hydroxyl groups is 1. The topological polar surface area (TPSA) is 40.5 Å². The van der Waals surface area contributed by atoms with Gasteiger partial charge in [0, 0.05) is 12.5 Å². The second-order valence-corrected chi connectivity index (χ2v) is 4.65. The van der Waals surface area contributed by atoms with Crippen LogP contribution in [0.15, 0.2) is 30.3 Å². The SMILES string of the molecule is C[C@H]1CCCC(=O)N1[C@@H](CO)c1ccccc1. The highest BCUT2D eigenvalue weighted by atomic mass is 16.3. The molecular weight excluding hydrogens is 214 g/mol. The summed E-state index contributed by atoms with van der Waals surface area (Å²) in [5, 5.41) is 9.57. The van der Waals surface area contributed by atoms with Crippen molar-refractivity contribution in [1.82, 2.24) is 4.90 Å². The molecule has 1 saturated heterocycles. The molecule has 3 nitrogen and oxygen atoms in total. The lowest BCUT2D eigenvalue weighted by Crippen LogP contribution is -2.45. The summed E-state index contributed by atoms with van der Waals surface area (Å²) in [5.41, 5.74) is 1.01. The van der Waals surface area contributed by atoms with Gasteiger partial charge in [0.15, 0.2) is 0 Å². The number of hydrogen-bond donors (Lipinski definition) is 1. The molecule has 1 aromatic carbocycles. The second-order valence-electron chi connectivity index (χ2n) is 4.65. The highest BCUT2D eigenvalue weighted by molar-refractivity contribution is 5.77. The lowest BCUT2D eigenvalue weighted by Gasteiger charge is -2.39. The number of aliphatic hydroxyl groups excluding tert-OH is 1. The Kier molecular flexibility index (Phi) is 3.79. The summed E-state index contributed by atoms with van der Waals surface area (Å²) in [4.78, 5) is 13.8. The van der Waals surface area contributed by atoms with Crippen LogP contribution in [0.1, 0.15) is 37.8 Å². The Balaban J connectivity index is 2.25. The smallest absolute Gasteiger partial charge is 0.223 e. The second kappa shape index (κ2) is 5.32. The molecule has 92 valence electrons. The molecule has 0 aromatic heterocycles. The zero-order chi connectivity index (χ0) is 12.3. The maximum absolute atomic E-state index is 12.0. The number of carbonyl (C=O) groups excluding carboxylic acids is 1. The molecule has 0 bridgehead atoms. The molecular formula is C14H19NO2. The Hall–Kier alpha value is -1.35. The summed E-state index contributed by atoms with van der Waals surface area (Å²) in [6.07, 6.45) is 2.59. The molecule has 1 N–H and O–H groups in total. The third-order valence-electron chi connectivity index (χ3n) is 3.47. The van der Waals surface area contributed by atoms with Crippen molar-refractivity contribution in [3.05, 3.63) is 35.9 Å². The van der Waals surface area contributed by atoms with Crippen LogP contribution in [0, 0.1) is 0 Å². The van der Waals surface area contributed by atoms with E-state index in [4.69, 9.17) is 0 Å². The lowest BCUT2D eigenvalue weighted by molar-refractivity contribution is -0.140. The van der Waals surface area contributed by atoms with Gasteiger partial charge >= 0.3 is 0 Å². The number of rotatable bonds is 3. The third kappa shape index (κ3) is 2.50. The van der Waals surface area contributed by atoms with Gasteiger partial charge in [0.1, 0.15) is 0 Å². The van der Waals surface area contributed by atoms with E-state index in [1.165, 1.54) is 0 Å². The Morgan fingerprint density at radius 2 is 2.12 bits per heavy atom. The number of amides is 1. The first-order valence-electron chi connectivity index (χ1n) is 6.21. The first kappa shape index (κ1) is 12.1. The fraction of sp³-hybridized carbons (Fsp3) is 0.500. The molecule has 1 heterocycles. The number of benzene rings is 1. The normalized spacial score (nSPS) is 22.6. The van der Waals surface area contributed by atoms with Crippen LogP contribution in [0.25, 0.3) is 0 Å². The molecule has 1 fully saturated rings. The number of nitrogens with zero attached hydrogens (tertiary/aromatic N) is 1. The fourth-order valence-electron chi connectivity index (χ4n) is 2.57. The van der Waals surface area contributed by atoms with Crippen molar-refractivity contribution in [2.24, 2.45) is 0 Å². The molecule has 0 saturated carbocycles. The van der Waals surface area contributed by atoms with Gasteiger partial charge in [-0.25, -0.2) is 0 Å². The number of hydrogen-bond acceptors (Lipinski definition) is 2. The Morgan fingerprint density at radius 3 is 2.71 bits per heavy atom. The summed E-state index contributed by atoms with van der Waals surface area (Å²) in [6.45, 7) is 2.04. The van der Waals surface area contributed by atoms with E-state index in [2.05, 4.69) is 6.92 Å². The van der Waals surface area contributed by atoms with Crippen LogP contribution in [-0.4, -0.2) is 28.6 Å². The standard InChI is InChI=1S/C14H19NO2/c1-11-6-5-9-14(17)15(11)13(10-16)12-7-3-2-4-8-12/h2-4,7-8,11,13,16H,5-6,9-10H2,1H3/t11-,13-/m0/s1. The van der Waals surface area contributed by atoms with Gasteiger partial charge in [0.05, 0.1) is 12.6 Å². The summed E-state index contributed by atoms with van der Waals surface area (Å²) in [7, 11) is 0. The number of likely N-dealkylation sites (tertiary alicyclic amines) is 1. The summed E-state index contributed by atoms with van der Waals surface area (Å²) >= 11 is 0. The minimum Gasteiger partial charge on any atom is -0.394 e. The highest BCUT2D eigenvalue weighted by Crippen LogP contribution is 2.28. The molecule has 1 amide bonds. The molecule has 2 atom stereocenters. The van der Waals surface area contributed by atoms with Gasteiger partial charge in [0.2, 0.25) is 5.91 Å². The maximum Gasteiger partial charge on any atom is 0.223 e. The van der Waals surface area contributed by atoms with Crippen LogP contribution in [0.2, 0.25) is 0 Å². The Morgan fingerprint density at radius 1 is 1.41 bits per heavy atom. The van der Waals surface area contributed by atoms with Crippen LogP contribution in [0.4, 0.5) is 0 Å². The molecule has 0 aliphatic carbocycles.